The van der Waals surface area contributed by atoms with Crippen molar-refractivity contribution < 1.29 is 0 Å². The quantitative estimate of drug-likeness (QED) is 0.498. The van der Waals surface area contributed by atoms with Crippen molar-refractivity contribution in [1.82, 2.24) is 0 Å². The van der Waals surface area contributed by atoms with Gasteiger partial charge in [-0.1, -0.05) is 0 Å². The zero-order valence-corrected chi connectivity index (χ0v) is 5.04. The first-order valence-electron chi connectivity index (χ1n) is 2.94. The molecule has 1 heterocycles. The van der Waals surface area contributed by atoms with Crippen LogP contribution in [0.25, 0.3) is 0 Å². The van der Waals surface area contributed by atoms with Crippen LogP contribution in [0.3, 0.4) is 0 Å². The lowest BCUT2D eigenvalue weighted by Gasteiger charge is -2.13. The maximum absolute atomic E-state index is 5.44. The molecule has 0 saturated carbocycles. The van der Waals surface area contributed by atoms with Gasteiger partial charge >= 0.3 is 0 Å². The highest BCUT2D eigenvalue weighted by molar-refractivity contribution is 4.68. The normalized spacial score (nSPS) is 37.8. The average Bonchev–Trinajstić information content (AvgIpc) is 1.77. The van der Waals surface area contributed by atoms with E-state index in [2.05, 4.69) is 17.2 Å². The molecule has 0 aromatic carbocycles. The zero-order chi connectivity index (χ0) is 5.98. The van der Waals surface area contributed by atoms with E-state index in [-0.39, 0.29) is 6.17 Å². The molecule has 1 aliphatic rings. The second-order valence-corrected chi connectivity index (χ2v) is 2.22. The number of nitrogens with two attached hydrogens (primary N) is 1. The minimum absolute atomic E-state index is 0.0220. The molecule has 46 valence electrons. The highest BCUT2D eigenvalue weighted by atomic mass is 15.2. The number of hydrogen-bond acceptors (Lipinski definition) is 3. The van der Waals surface area contributed by atoms with Crippen molar-refractivity contribution in [3.05, 3.63) is 0 Å². The Morgan fingerprint density at radius 3 is 2.50 bits per heavy atom. The molecular formula is C5H11N3. The molecule has 0 fully saturated rings. The Hall–Kier alpha value is -0.440. The van der Waals surface area contributed by atoms with Crippen LogP contribution < -0.4 is 5.73 Å². The molecule has 1 aliphatic heterocycles. The lowest BCUT2D eigenvalue weighted by molar-refractivity contribution is 0.460. The number of azo groups is 1. The van der Waals surface area contributed by atoms with Gasteiger partial charge in [0.1, 0.15) is 6.17 Å². The molecule has 8 heavy (non-hydrogen) atoms. The topological polar surface area (TPSA) is 50.7 Å². The van der Waals surface area contributed by atoms with Gasteiger partial charge in [0, 0.05) is 0 Å². The van der Waals surface area contributed by atoms with Crippen LogP contribution in [0.2, 0.25) is 0 Å². The van der Waals surface area contributed by atoms with Gasteiger partial charge in [0.25, 0.3) is 0 Å². The van der Waals surface area contributed by atoms with Crippen molar-refractivity contribution in [3.8, 4) is 0 Å². The smallest absolute Gasteiger partial charge is 0.118 e. The van der Waals surface area contributed by atoms with Gasteiger partial charge in [-0.3, -0.25) is 0 Å². The Morgan fingerprint density at radius 1 is 1.38 bits per heavy atom. The second kappa shape index (κ2) is 2.22. The Balaban J connectivity index is 2.42. The molecule has 3 heteroatoms. The van der Waals surface area contributed by atoms with E-state index in [1.54, 1.807) is 0 Å². The SMILES string of the molecule is CC1CCC(N)N=N1. The highest BCUT2D eigenvalue weighted by Crippen LogP contribution is 2.10. The largest absolute Gasteiger partial charge is 0.308 e. The van der Waals surface area contributed by atoms with Crippen LogP contribution in [0.15, 0.2) is 10.2 Å². The lowest BCUT2D eigenvalue weighted by Crippen LogP contribution is -2.22. The summed E-state index contributed by atoms with van der Waals surface area (Å²) in [5.74, 6) is 0. The van der Waals surface area contributed by atoms with Gasteiger partial charge in [-0.25, -0.2) is 0 Å². The first kappa shape index (κ1) is 5.69. The van der Waals surface area contributed by atoms with Crippen molar-refractivity contribution >= 4 is 0 Å². The fraction of sp³-hybridized carbons (Fsp3) is 1.00. The molecule has 0 saturated heterocycles. The number of nitrogens with zero attached hydrogens (tertiary/aromatic N) is 2. The molecule has 0 aromatic rings. The summed E-state index contributed by atoms with van der Waals surface area (Å²) < 4.78 is 0. The predicted molar refractivity (Wildman–Crippen MR) is 31.5 cm³/mol. The van der Waals surface area contributed by atoms with Crippen molar-refractivity contribution in [2.45, 2.75) is 32.0 Å². The van der Waals surface area contributed by atoms with Crippen molar-refractivity contribution in [2.75, 3.05) is 0 Å². The van der Waals surface area contributed by atoms with E-state index in [9.17, 15) is 0 Å². The predicted octanol–water partition coefficient (Wildman–Crippen LogP) is 0.906. The molecule has 3 nitrogen and oxygen atoms in total. The molecule has 0 radical (unpaired) electrons. The van der Waals surface area contributed by atoms with Gasteiger partial charge in [0.2, 0.25) is 0 Å². The maximum atomic E-state index is 5.44. The minimum Gasteiger partial charge on any atom is -0.308 e. The molecule has 2 unspecified atom stereocenters. The zero-order valence-electron chi connectivity index (χ0n) is 5.04. The molecule has 0 amide bonds. The number of hydrogen-bond donors (Lipinski definition) is 1. The summed E-state index contributed by atoms with van der Waals surface area (Å²) in [7, 11) is 0. The summed E-state index contributed by atoms with van der Waals surface area (Å²) in [6.07, 6.45) is 2.06. The van der Waals surface area contributed by atoms with Crippen molar-refractivity contribution in [2.24, 2.45) is 16.0 Å². The fourth-order valence-electron chi connectivity index (χ4n) is 0.727. The second-order valence-electron chi connectivity index (χ2n) is 2.22. The standard InChI is InChI=1S/C5H11N3/c1-4-2-3-5(6)8-7-4/h4-5H,2-3,6H2,1H3. The van der Waals surface area contributed by atoms with E-state index < -0.39 is 0 Å². The van der Waals surface area contributed by atoms with Crippen LogP contribution in [0.4, 0.5) is 0 Å². The third-order valence-electron chi connectivity index (χ3n) is 1.29. The van der Waals surface area contributed by atoms with Crippen LogP contribution in [0.5, 0.6) is 0 Å². The molecule has 1 rings (SSSR count). The summed E-state index contributed by atoms with van der Waals surface area (Å²) in [4.78, 5) is 0. The van der Waals surface area contributed by atoms with Crippen LogP contribution >= 0.6 is 0 Å². The summed E-state index contributed by atoms with van der Waals surface area (Å²) in [5.41, 5.74) is 5.44. The van der Waals surface area contributed by atoms with Gasteiger partial charge in [-0.2, -0.15) is 10.2 Å². The molecule has 0 aliphatic carbocycles. The van der Waals surface area contributed by atoms with E-state index in [0.29, 0.717) is 6.04 Å². The van der Waals surface area contributed by atoms with Crippen LogP contribution in [-0.4, -0.2) is 12.2 Å². The highest BCUT2D eigenvalue weighted by Gasteiger charge is 2.09. The summed E-state index contributed by atoms with van der Waals surface area (Å²) in [6.45, 7) is 2.05. The third kappa shape index (κ3) is 1.26. The van der Waals surface area contributed by atoms with Gasteiger partial charge < -0.3 is 5.73 Å². The van der Waals surface area contributed by atoms with E-state index in [0.717, 1.165) is 12.8 Å². The summed E-state index contributed by atoms with van der Waals surface area (Å²) in [6, 6.07) is 0.398. The molecule has 2 N–H and O–H groups in total. The minimum atomic E-state index is -0.0220. The van der Waals surface area contributed by atoms with Gasteiger partial charge in [-0.15, -0.1) is 0 Å². The summed E-state index contributed by atoms with van der Waals surface area (Å²) in [5, 5.41) is 7.72. The maximum Gasteiger partial charge on any atom is 0.118 e. The molecule has 2 atom stereocenters. The number of rotatable bonds is 0. The monoisotopic (exact) mass is 113 g/mol. The van der Waals surface area contributed by atoms with Crippen LogP contribution in [-0.2, 0) is 0 Å². The van der Waals surface area contributed by atoms with Gasteiger partial charge in [0.15, 0.2) is 0 Å². The van der Waals surface area contributed by atoms with Crippen LogP contribution in [0, 0.1) is 0 Å². The van der Waals surface area contributed by atoms with Gasteiger partial charge in [0.05, 0.1) is 6.04 Å². The Labute approximate surface area is 49.0 Å². The molecule has 0 spiro atoms. The lowest BCUT2D eigenvalue weighted by atomic mass is 10.1. The fourth-order valence-corrected chi connectivity index (χ4v) is 0.727. The van der Waals surface area contributed by atoms with E-state index in [4.69, 9.17) is 5.73 Å². The first-order chi connectivity index (χ1) is 3.79. The molecule has 0 aromatic heterocycles. The van der Waals surface area contributed by atoms with Crippen LogP contribution in [0.1, 0.15) is 19.8 Å². The Morgan fingerprint density at radius 2 is 2.12 bits per heavy atom. The summed E-state index contributed by atoms with van der Waals surface area (Å²) >= 11 is 0. The van der Waals surface area contributed by atoms with Crippen molar-refractivity contribution in [3.63, 3.8) is 0 Å². The first-order valence-corrected chi connectivity index (χ1v) is 2.94. The molecular weight excluding hydrogens is 102 g/mol. The van der Waals surface area contributed by atoms with E-state index in [1.807, 2.05) is 0 Å². The van der Waals surface area contributed by atoms with Crippen molar-refractivity contribution in [1.29, 1.82) is 0 Å². The van der Waals surface area contributed by atoms with Gasteiger partial charge in [-0.05, 0) is 19.8 Å². The third-order valence-corrected chi connectivity index (χ3v) is 1.29. The Bertz CT molecular complexity index is 87.8. The molecule has 0 bridgehead atoms. The van der Waals surface area contributed by atoms with E-state index in [1.165, 1.54) is 0 Å². The van der Waals surface area contributed by atoms with E-state index >= 15 is 0 Å². The Kier molecular flexibility index (Phi) is 1.58. The average molecular weight is 113 g/mol.